The average molecular weight is 304 g/mol. The number of hydrogen-bond donors (Lipinski definition) is 2. The summed E-state index contributed by atoms with van der Waals surface area (Å²) in [6.07, 6.45) is -1.69. The van der Waals surface area contributed by atoms with E-state index in [0.717, 1.165) is 5.56 Å². The van der Waals surface area contributed by atoms with Gasteiger partial charge in [-0.2, -0.15) is 18.2 Å². The first-order valence-corrected chi connectivity index (χ1v) is 5.52. The van der Waals surface area contributed by atoms with Gasteiger partial charge in [-0.05, 0) is 19.2 Å². The highest BCUT2D eigenvalue weighted by atomic mass is 19.4. The third kappa shape index (κ3) is 5.57. The minimum absolute atomic E-state index is 0.581. The molecular formula is C11H11F3N4O3. The number of carboxylic acids is 1. The Morgan fingerprint density at radius 3 is 2.43 bits per heavy atom. The third-order valence-corrected chi connectivity index (χ3v) is 1.98. The number of halogens is 3. The van der Waals surface area contributed by atoms with Crippen molar-refractivity contribution in [1.29, 1.82) is 0 Å². The molecule has 0 unspecified atom stereocenters. The van der Waals surface area contributed by atoms with Gasteiger partial charge in [0.25, 0.3) is 0 Å². The summed E-state index contributed by atoms with van der Waals surface area (Å²) in [4.78, 5) is 17.0. The first-order valence-electron chi connectivity index (χ1n) is 5.52. The van der Waals surface area contributed by atoms with Gasteiger partial charge in [0.15, 0.2) is 0 Å². The zero-order chi connectivity index (χ0) is 15.9. The van der Waals surface area contributed by atoms with Crippen LogP contribution in [0.15, 0.2) is 29.0 Å². The van der Waals surface area contributed by atoms with Crippen LogP contribution in [0.1, 0.15) is 5.89 Å². The van der Waals surface area contributed by atoms with Gasteiger partial charge in [-0.15, -0.1) is 0 Å². The maximum atomic E-state index is 10.6. The Morgan fingerprint density at radius 1 is 1.38 bits per heavy atom. The predicted octanol–water partition coefficient (Wildman–Crippen LogP) is 1.48. The van der Waals surface area contributed by atoms with Crippen molar-refractivity contribution in [3.8, 4) is 11.4 Å². The molecule has 0 spiro atoms. The highest BCUT2D eigenvalue weighted by molar-refractivity contribution is 5.73. The molecule has 0 aliphatic rings. The van der Waals surface area contributed by atoms with Gasteiger partial charge in [0, 0.05) is 18.0 Å². The predicted molar refractivity (Wildman–Crippen MR) is 64.0 cm³/mol. The minimum Gasteiger partial charge on any atom is -0.475 e. The summed E-state index contributed by atoms with van der Waals surface area (Å²) in [7, 11) is 1.83. The normalized spacial score (nSPS) is 10.7. The Kier molecular flexibility index (Phi) is 5.79. The first kappa shape index (κ1) is 16.6. The molecule has 0 radical (unpaired) electrons. The van der Waals surface area contributed by atoms with Crippen molar-refractivity contribution in [2.75, 3.05) is 7.05 Å². The molecule has 2 rings (SSSR count). The fraction of sp³-hybridized carbons (Fsp3) is 0.273. The summed E-state index contributed by atoms with van der Waals surface area (Å²) >= 11 is 0. The van der Waals surface area contributed by atoms with Crippen molar-refractivity contribution in [2.24, 2.45) is 0 Å². The number of alkyl halides is 3. The van der Waals surface area contributed by atoms with Crippen molar-refractivity contribution in [2.45, 2.75) is 12.7 Å². The number of carboxylic acid groups (broad SMARTS) is 1. The van der Waals surface area contributed by atoms with Gasteiger partial charge in [-0.1, -0.05) is 5.16 Å². The maximum Gasteiger partial charge on any atom is 0.490 e. The topological polar surface area (TPSA) is 101 Å². The highest BCUT2D eigenvalue weighted by Crippen LogP contribution is 2.14. The second-order valence-corrected chi connectivity index (χ2v) is 3.58. The molecule has 2 aromatic rings. The van der Waals surface area contributed by atoms with Crippen LogP contribution in [0.5, 0.6) is 0 Å². The highest BCUT2D eigenvalue weighted by Gasteiger charge is 2.38. The van der Waals surface area contributed by atoms with Crippen LogP contribution in [0, 0.1) is 0 Å². The molecule has 0 atom stereocenters. The summed E-state index contributed by atoms with van der Waals surface area (Å²) in [6, 6.07) is 3.68. The molecule has 21 heavy (non-hydrogen) atoms. The molecule has 2 N–H and O–H groups in total. The van der Waals surface area contributed by atoms with Crippen LogP contribution in [-0.2, 0) is 11.3 Å². The summed E-state index contributed by atoms with van der Waals surface area (Å²) in [6.45, 7) is 0.581. The lowest BCUT2D eigenvalue weighted by molar-refractivity contribution is -0.192. The van der Waals surface area contributed by atoms with Crippen LogP contribution >= 0.6 is 0 Å². The number of pyridine rings is 1. The Bertz CT molecular complexity index is 572. The van der Waals surface area contributed by atoms with Gasteiger partial charge in [-0.3, -0.25) is 4.98 Å². The van der Waals surface area contributed by atoms with Crippen LogP contribution in [0.3, 0.4) is 0 Å². The molecule has 114 valence electrons. The molecule has 7 nitrogen and oxygen atoms in total. The van der Waals surface area contributed by atoms with Crippen molar-refractivity contribution < 1.29 is 27.6 Å². The second kappa shape index (κ2) is 7.33. The molecule has 0 fully saturated rings. The molecule has 0 saturated heterocycles. The van der Waals surface area contributed by atoms with Crippen molar-refractivity contribution in [3.63, 3.8) is 0 Å². The Hall–Kier alpha value is -2.49. The number of aromatic nitrogens is 3. The Morgan fingerprint density at radius 2 is 1.95 bits per heavy atom. The standard InChI is InChI=1S/C9H10N4O.C2HF3O2/c1-10-6-8-12-9(13-14-8)7-2-4-11-5-3-7;3-2(4,5)1(6)7/h2-5,10H,6H2,1H3;(H,6,7). The van der Waals surface area contributed by atoms with E-state index in [-0.39, 0.29) is 0 Å². The summed E-state index contributed by atoms with van der Waals surface area (Å²) in [5, 5.41) is 13.9. The summed E-state index contributed by atoms with van der Waals surface area (Å²) < 4.78 is 36.8. The van der Waals surface area contributed by atoms with E-state index in [2.05, 4.69) is 20.4 Å². The van der Waals surface area contributed by atoms with E-state index in [1.54, 1.807) is 12.4 Å². The molecule has 0 bridgehead atoms. The van der Waals surface area contributed by atoms with Crippen LogP contribution in [0.25, 0.3) is 11.4 Å². The van der Waals surface area contributed by atoms with Crippen LogP contribution in [0.2, 0.25) is 0 Å². The van der Waals surface area contributed by atoms with Crippen molar-refractivity contribution >= 4 is 5.97 Å². The van der Waals surface area contributed by atoms with Gasteiger partial charge < -0.3 is 14.9 Å². The lowest BCUT2D eigenvalue weighted by Gasteiger charge is -1.93. The second-order valence-electron chi connectivity index (χ2n) is 3.58. The lowest BCUT2D eigenvalue weighted by Crippen LogP contribution is -2.21. The molecule has 0 aliphatic carbocycles. The summed E-state index contributed by atoms with van der Waals surface area (Å²) in [5.41, 5.74) is 0.908. The third-order valence-electron chi connectivity index (χ3n) is 1.98. The largest absolute Gasteiger partial charge is 0.490 e. The van der Waals surface area contributed by atoms with Crippen LogP contribution in [-0.4, -0.2) is 39.4 Å². The molecule has 10 heteroatoms. The van der Waals surface area contributed by atoms with Crippen LogP contribution in [0.4, 0.5) is 13.2 Å². The molecule has 0 saturated carbocycles. The van der Waals surface area contributed by atoms with E-state index in [1.165, 1.54) is 0 Å². The maximum absolute atomic E-state index is 10.6. The van der Waals surface area contributed by atoms with E-state index >= 15 is 0 Å². The zero-order valence-electron chi connectivity index (χ0n) is 10.8. The molecule has 0 aliphatic heterocycles. The first-order chi connectivity index (χ1) is 9.84. The number of nitrogens with one attached hydrogen (secondary N) is 1. The lowest BCUT2D eigenvalue weighted by atomic mass is 10.2. The van der Waals surface area contributed by atoms with Gasteiger partial charge >= 0.3 is 12.1 Å². The molecule has 0 aromatic carbocycles. The number of hydrogen-bond acceptors (Lipinski definition) is 6. The number of rotatable bonds is 3. The van der Waals surface area contributed by atoms with E-state index in [1.807, 2.05) is 19.2 Å². The fourth-order valence-electron chi connectivity index (χ4n) is 1.10. The quantitative estimate of drug-likeness (QED) is 0.885. The zero-order valence-corrected chi connectivity index (χ0v) is 10.8. The monoisotopic (exact) mass is 304 g/mol. The van der Waals surface area contributed by atoms with Crippen molar-refractivity contribution in [3.05, 3.63) is 30.4 Å². The molecule has 2 heterocycles. The summed E-state index contributed by atoms with van der Waals surface area (Å²) in [5.74, 6) is -1.58. The smallest absolute Gasteiger partial charge is 0.475 e. The molecule has 0 amide bonds. The Labute approximate surface area is 116 Å². The van der Waals surface area contributed by atoms with E-state index in [9.17, 15) is 13.2 Å². The van der Waals surface area contributed by atoms with E-state index in [0.29, 0.717) is 18.3 Å². The molecule has 2 aromatic heterocycles. The average Bonchev–Trinajstić information content (AvgIpc) is 2.88. The Balaban J connectivity index is 0.000000270. The number of nitrogens with zero attached hydrogens (tertiary/aromatic N) is 3. The van der Waals surface area contributed by atoms with Gasteiger partial charge in [0.1, 0.15) is 0 Å². The van der Waals surface area contributed by atoms with Gasteiger partial charge in [0.2, 0.25) is 11.7 Å². The fourth-order valence-corrected chi connectivity index (χ4v) is 1.10. The molecular weight excluding hydrogens is 293 g/mol. The number of aliphatic carboxylic acids is 1. The van der Waals surface area contributed by atoms with Crippen LogP contribution < -0.4 is 5.32 Å². The van der Waals surface area contributed by atoms with Gasteiger partial charge in [0.05, 0.1) is 6.54 Å². The van der Waals surface area contributed by atoms with E-state index < -0.39 is 12.1 Å². The van der Waals surface area contributed by atoms with Gasteiger partial charge in [-0.25, -0.2) is 4.79 Å². The number of carbonyl (C=O) groups is 1. The SMILES string of the molecule is CNCc1nc(-c2ccncc2)no1.O=C(O)C(F)(F)F. The van der Waals surface area contributed by atoms with E-state index in [4.69, 9.17) is 14.4 Å². The van der Waals surface area contributed by atoms with Crippen molar-refractivity contribution in [1.82, 2.24) is 20.4 Å². The minimum atomic E-state index is -5.08.